The molecule has 0 aromatic carbocycles. The monoisotopic (exact) mass is 262 g/mol. The van der Waals surface area contributed by atoms with Crippen molar-refractivity contribution in [3.8, 4) is 0 Å². The van der Waals surface area contributed by atoms with Crippen LogP contribution in [0.25, 0.3) is 0 Å². The number of thiophene rings is 1. The van der Waals surface area contributed by atoms with Crippen molar-refractivity contribution < 1.29 is 0 Å². The molecular formula is C13H18N4S. The van der Waals surface area contributed by atoms with Gasteiger partial charge >= 0.3 is 0 Å². The van der Waals surface area contributed by atoms with E-state index in [2.05, 4.69) is 46.6 Å². The maximum Gasteiger partial charge on any atom is 0.144 e. The number of nitrogen functional groups attached to an aromatic ring is 1. The van der Waals surface area contributed by atoms with Gasteiger partial charge in [0.15, 0.2) is 0 Å². The summed E-state index contributed by atoms with van der Waals surface area (Å²) < 4.78 is 0. The van der Waals surface area contributed by atoms with E-state index in [0.29, 0.717) is 12.4 Å². The summed E-state index contributed by atoms with van der Waals surface area (Å²) in [5.41, 5.74) is 5.74. The van der Waals surface area contributed by atoms with Crippen LogP contribution in [0.5, 0.6) is 0 Å². The number of nitrogens with two attached hydrogens (primary N) is 1. The first kappa shape index (κ1) is 13.0. The van der Waals surface area contributed by atoms with Gasteiger partial charge in [0.25, 0.3) is 0 Å². The van der Waals surface area contributed by atoms with Gasteiger partial charge in [-0.1, -0.05) is 19.9 Å². The molecule has 0 aliphatic rings. The van der Waals surface area contributed by atoms with E-state index in [0.717, 1.165) is 12.4 Å². The van der Waals surface area contributed by atoms with Crippen molar-refractivity contribution >= 4 is 17.2 Å². The molecule has 0 fully saturated rings. The molecule has 18 heavy (non-hydrogen) atoms. The van der Waals surface area contributed by atoms with Gasteiger partial charge in [-0.05, 0) is 17.5 Å². The number of hydrogen-bond donors (Lipinski definition) is 2. The maximum atomic E-state index is 5.62. The van der Waals surface area contributed by atoms with Gasteiger partial charge in [0, 0.05) is 23.0 Å². The minimum Gasteiger partial charge on any atom is -0.384 e. The molecule has 2 heterocycles. The van der Waals surface area contributed by atoms with Crippen LogP contribution < -0.4 is 11.1 Å². The Morgan fingerprint density at radius 2 is 2.22 bits per heavy atom. The van der Waals surface area contributed by atoms with Crippen molar-refractivity contribution in [2.75, 3.05) is 12.3 Å². The predicted molar refractivity (Wildman–Crippen MR) is 75.5 cm³/mol. The molecule has 2 aromatic heterocycles. The van der Waals surface area contributed by atoms with Gasteiger partial charge in [-0.15, -0.1) is 11.3 Å². The second-order valence-electron chi connectivity index (χ2n) is 4.86. The Labute approximate surface area is 111 Å². The van der Waals surface area contributed by atoms with Gasteiger partial charge in [-0.2, -0.15) is 0 Å². The van der Waals surface area contributed by atoms with Gasteiger partial charge in [0.1, 0.15) is 11.6 Å². The van der Waals surface area contributed by atoms with E-state index in [4.69, 9.17) is 5.73 Å². The summed E-state index contributed by atoms with van der Waals surface area (Å²) in [6.07, 6.45) is 1.68. The Balaban J connectivity index is 1.89. The normalized spacial score (nSPS) is 11.7. The maximum absolute atomic E-state index is 5.62. The molecule has 0 aliphatic carbocycles. The second kappa shape index (κ2) is 5.46. The first-order valence-corrected chi connectivity index (χ1v) is 6.78. The summed E-state index contributed by atoms with van der Waals surface area (Å²) in [5.74, 6) is 1.25. The van der Waals surface area contributed by atoms with Crippen molar-refractivity contribution in [2.45, 2.75) is 25.8 Å². The third kappa shape index (κ3) is 3.27. The summed E-state index contributed by atoms with van der Waals surface area (Å²) in [4.78, 5) is 9.71. The minimum atomic E-state index is 0.120. The van der Waals surface area contributed by atoms with Crippen molar-refractivity contribution in [3.63, 3.8) is 0 Å². The second-order valence-corrected chi connectivity index (χ2v) is 5.81. The summed E-state index contributed by atoms with van der Waals surface area (Å²) in [7, 11) is 0. The first-order valence-electron chi connectivity index (χ1n) is 5.90. The SMILES string of the molecule is CC(C)(CNCc1nccc(N)n1)c1cccs1. The lowest BCUT2D eigenvalue weighted by Crippen LogP contribution is -2.32. The minimum absolute atomic E-state index is 0.120. The lowest BCUT2D eigenvalue weighted by Gasteiger charge is -2.23. The quantitative estimate of drug-likeness (QED) is 0.867. The smallest absolute Gasteiger partial charge is 0.144 e. The fourth-order valence-electron chi connectivity index (χ4n) is 1.74. The largest absolute Gasteiger partial charge is 0.384 e. The molecule has 0 unspecified atom stereocenters. The molecule has 0 saturated carbocycles. The van der Waals surface area contributed by atoms with Crippen LogP contribution in [0.15, 0.2) is 29.8 Å². The highest BCUT2D eigenvalue weighted by atomic mass is 32.1. The molecule has 0 radical (unpaired) electrons. The molecule has 4 nitrogen and oxygen atoms in total. The fraction of sp³-hybridized carbons (Fsp3) is 0.385. The van der Waals surface area contributed by atoms with Crippen molar-refractivity contribution in [1.29, 1.82) is 0 Å². The zero-order valence-corrected chi connectivity index (χ0v) is 11.5. The molecular weight excluding hydrogens is 244 g/mol. The van der Waals surface area contributed by atoms with Crippen LogP contribution in [-0.4, -0.2) is 16.5 Å². The molecule has 5 heteroatoms. The van der Waals surface area contributed by atoms with Gasteiger partial charge in [-0.25, -0.2) is 9.97 Å². The molecule has 3 N–H and O–H groups in total. The zero-order chi connectivity index (χ0) is 13.0. The molecule has 0 spiro atoms. The van der Waals surface area contributed by atoms with E-state index in [1.807, 2.05) is 0 Å². The van der Waals surface area contributed by atoms with Gasteiger partial charge in [0.05, 0.1) is 6.54 Å². The third-order valence-electron chi connectivity index (χ3n) is 2.77. The van der Waals surface area contributed by atoms with E-state index in [1.165, 1.54) is 4.88 Å². The van der Waals surface area contributed by atoms with E-state index in [1.54, 1.807) is 23.6 Å². The Kier molecular flexibility index (Phi) is 3.93. The molecule has 0 aliphatic heterocycles. The van der Waals surface area contributed by atoms with E-state index < -0.39 is 0 Å². The number of anilines is 1. The van der Waals surface area contributed by atoms with Gasteiger partial charge in [-0.3, -0.25) is 0 Å². The summed E-state index contributed by atoms with van der Waals surface area (Å²) >= 11 is 1.79. The number of aromatic nitrogens is 2. The van der Waals surface area contributed by atoms with Crippen LogP contribution in [0, 0.1) is 0 Å². The first-order chi connectivity index (χ1) is 8.58. The van der Waals surface area contributed by atoms with Gasteiger partial charge in [0.2, 0.25) is 0 Å². The lowest BCUT2D eigenvalue weighted by atomic mass is 9.91. The Morgan fingerprint density at radius 1 is 1.39 bits per heavy atom. The molecule has 0 amide bonds. The van der Waals surface area contributed by atoms with E-state index in [9.17, 15) is 0 Å². The standard InChI is InChI=1S/C13H18N4S/c1-13(2,10-4-3-7-18-10)9-15-8-12-16-6-5-11(14)17-12/h3-7,15H,8-9H2,1-2H3,(H2,14,16,17). The highest BCUT2D eigenvalue weighted by Gasteiger charge is 2.21. The molecule has 0 bridgehead atoms. The van der Waals surface area contributed by atoms with Crippen LogP contribution in [0.1, 0.15) is 24.5 Å². The summed E-state index contributed by atoms with van der Waals surface area (Å²) in [6, 6.07) is 5.95. The van der Waals surface area contributed by atoms with E-state index in [-0.39, 0.29) is 5.41 Å². The summed E-state index contributed by atoms with van der Waals surface area (Å²) in [6.45, 7) is 5.98. The molecule has 0 atom stereocenters. The van der Waals surface area contributed by atoms with Crippen molar-refractivity contribution in [3.05, 3.63) is 40.5 Å². The van der Waals surface area contributed by atoms with E-state index >= 15 is 0 Å². The highest BCUT2D eigenvalue weighted by Crippen LogP contribution is 2.26. The Bertz CT molecular complexity index is 493. The highest BCUT2D eigenvalue weighted by molar-refractivity contribution is 7.10. The zero-order valence-electron chi connectivity index (χ0n) is 10.7. The van der Waals surface area contributed by atoms with Crippen LogP contribution in [0.4, 0.5) is 5.82 Å². The Morgan fingerprint density at radius 3 is 2.89 bits per heavy atom. The predicted octanol–water partition coefficient (Wildman–Crippen LogP) is 2.19. The molecule has 0 saturated heterocycles. The van der Waals surface area contributed by atoms with Crippen LogP contribution in [-0.2, 0) is 12.0 Å². The van der Waals surface area contributed by atoms with Crippen LogP contribution >= 0.6 is 11.3 Å². The third-order valence-corrected chi connectivity index (χ3v) is 4.00. The molecule has 2 rings (SSSR count). The average Bonchev–Trinajstić information content (AvgIpc) is 2.83. The lowest BCUT2D eigenvalue weighted by molar-refractivity contribution is 0.472. The number of nitrogens with one attached hydrogen (secondary N) is 1. The number of hydrogen-bond acceptors (Lipinski definition) is 5. The molecule has 96 valence electrons. The van der Waals surface area contributed by atoms with Crippen molar-refractivity contribution in [2.24, 2.45) is 0 Å². The topological polar surface area (TPSA) is 63.8 Å². The fourth-order valence-corrected chi connectivity index (χ4v) is 2.59. The number of rotatable bonds is 5. The van der Waals surface area contributed by atoms with Crippen LogP contribution in [0.2, 0.25) is 0 Å². The van der Waals surface area contributed by atoms with Crippen molar-refractivity contribution in [1.82, 2.24) is 15.3 Å². The summed E-state index contributed by atoms with van der Waals surface area (Å²) in [5, 5.41) is 5.49. The molecule has 2 aromatic rings. The van der Waals surface area contributed by atoms with Crippen LogP contribution in [0.3, 0.4) is 0 Å². The number of nitrogens with zero attached hydrogens (tertiary/aromatic N) is 2. The van der Waals surface area contributed by atoms with Gasteiger partial charge < -0.3 is 11.1 Å². The average molecular weight is 262 g/mol. The Hall–Kier alpha value is -1.46.